The van der Waals surface area contributed by atoms with Gasteiger partial charge in [-0.2, -0.15) is 0 Å². The fourth-order valence-electron chi connectivity index (χ4n) is 3.14. The van der Waals surface area contributed by atoms with E-state index in [0.29, 0.717) is 26.3 Å². The van der Waals surface area contributed by atoms with Gasteiger partial charge in [-0.25, -0.2) is 8.42 Å². The molecule has 0 radical (unpaired) electrons. The molecule has 1 aliphatic rings. The topological polar surface area (TPSA) is 76.2 Å². The smallest absolute Gasteiger partial charge is 0.268 e. The van der Waals surface area contributed by atoms with E-state index < -0.39 is 16.6 Å². The second kappa shape index (κ2) is 9.43. The molecule has 0 unspecified atom stereocenters. The Balaban J connectivity index is 2.08. The van der Waals surface area contributed by atoms with Gasteiger partial charge in [-0.3, -0.25) is 9.10 Å². The predicted octanol–water partition coefficient (Wildman–Crippen LogP) is 3.36. The van der Waals surface area contributed by atoms with Crippen LogP contribution in [0.3, 0.4) is 0 Å². The first kappa shape index (κ1) is 22.7. The number of aryl methyl sites for hydroxylation is 1. The van der Waals surface area contributed by atoms with Gasteiger partial charge in [0.05, 0.1) is 26.0 Å². The molecule has 3 rings (SSSR count). The second-order valence-electron chi connectivity index (χ2n) is 6.79. The molecule has 1 heterocycles. The Morgan fingerprint density at radius 3 is 2.37 bits per heavy atom. The normalized spacial score (nSPS) is 14.5. The van der Waals surface area contributed by atoms with Gasteiger partial charge in [0.15, 0.2) is 0 Å². The summed E-state index contributed by atoms with van der Waals surface area (Å²) in [6.07, 6.45) is 0. The van der Waals surface area contributed by atoms with Crippen molar-refractivity contribution in [2.45, 2.75) is 11.8 Å². The van der Waals surface area contributed by atoms with Gasteiger partial charge in [0, 0.05) is 23.1 Å². The number of ether oxygens (including phenoxy) is 2. The quantitative estimate of drug-likeness (QED) is 0.643. The zero-order valence-corrected chi connectivity index (χ0v) is 18.9. The van der Waals surface area contributed by atoms with Crippen LogP contribution in [-0.4, -0.2) is 59.2 Å². The fourth-order valence-corrected chi connectivity index (χ4v) is 5.29. The molecular formula is C20H22Cl2N2O5S. The maximum atomic E-state index is 13.7. The van der Waals surface area contributed by atoms with E-state index in [2.05, 4.69) is 0 Å². The standard InChI is InChI=1S/C20H22Cl2N2O5S/c1-14-3-4-18(28-2)19(9-14)30(26,27)24(17-11-15(21)10-16(22)12-17)13-20(25)23-5-7-29-8-6-23/h3-4,9-12H,5-8,13H2,1-2H3. The number of carbonyl (C=O) groups excluding carboxylic acids is 1. The number of hydrogen-bond donors (Lipinski definition) is 0. The number of anilines is 1. The molecule has 7 nitrogen and oxygen atoms in total. The first-order valence-electron chi connectivity index (χ1n) is 9.21. The summed E-state index contributed by atoms with van der Waals surface area (Å²) in [4.78, 5) is 14.4. The number of benzene rings is 2. The van der Waals surface area contributed by atoms with Gasteiger partial charge in [-0.05, 0) is 42.8 Å². The van der Waals surface area contributed by atoms with Crippen LogP contribution >= 0.6 is 23.2 Å². The molecule has 2 aromatic carbocycles. The molecule has 0 atom stereocenters. The Labute approximate surface area is 186 Å². The highest BCUT2D eigenvalue weighted by Gasteiger charge is 2.32. The fraction of sp³-hybridized carbons (Fsp3) is 0.350. The third kappa shape index (κ3) is 5.00. The van der Waals surface area contributed by atoms with Crippen LogP contribution in [0.4, 0.5) is 5.69 Å². The van der Waals surface area contributed by atoms with Gasteiger partial charge < -0.3 is 14.4 Å². The number of morpholine rings is 1. The summed E-state index contributed by atoms with van der Waals surface area (Å²) in [6, 6.07) is 9.24. The maximum Gasteiger partial charge on any atom is 0.268 e. The molecule has 10 heteroatoms. The Morgan fingerprint density at radius 2 is 1.77 bits per heavy atom. The molecule has 2 aromatic rings. The van der Waals surface area contributed by atoms with Crippen LogP contribution in [0, 0.1) is 6.92 Å². The van der Waals surface area contributed by atoms with E-state index in [9.17, 15) is 13.2 Å². The van der Waals surface area contributed by atoms with Crippen molar-refractivity contribution in [3.63, 3.8) is 0 Å². The summed E-state index contributed by atoms with van der Waals surface area (Å²) in [5, 5.41) is 0.514. The van der Waals surface area contributed by atoms with Crippen molar-refractivity contribution in [2.24, 2.45) is 0 Å². The summed E-state index contributed by atoms with van der Waals surface area (Å²) in [7, 11) is -2.78. The van der Waals surface area contributed by atoms with Crippen molar-refractivity contribution < 1.29 is 22.7 Å². The molecule has 1 saturated heterocycles. The van der Waals surface area contributed by atoms with Crippen molar-refractivity contribution in [3.8, 4) is 5.75 Å². The van der Waals surface area contributed by atoms with Crippen LogP contribution in [-0.2, 0) is 19.6 Å². The molecule has 0 saturated carbocycles. The lowest BCUT2D eigenvalue weighted by molar-refractivity contribution is -0.133. The summed E-state index contributed by atoms with van der Waals surface area (Å²) in [6.45, 7) is 2.99. The van der Waals surface area contributed by atoms with Gasteiger partial charge in [0.25, 0.3) is 10.0 Å². The summed E-state index contributed by atoms with van der Waals surface area (Å²) < 4.78 is 38.9. The molecule has 0 spiro atoms. The van der Waals surface area contributed by atoms with Crippen LogP contribution in [0.2, 0.25) is 10.0 Å². The summed E-state index contributed by atoms with van der Waals surface area (Å²) in [5.74, 6) is -0.165. The van der Waals surface area contributed by atoms with Gasteiger partial charge in [-0.1, -0.05) is 29.3 Å². The number of methoxy groups -OCH3 is 1. The van der Waals surface area contributed by atoms with E-state index in [1.165, 1.54) is 31.4 Å². The van der Waals surface area contributed by atoms with Gasteiger partial charge in [-0.15, -0.1) is 0 Å². The van der Waals surface area contributed by atoms with E-state index in [1.54, 1.807) is 24.0 Å². The molecule has 1 amide bonds. The molecular weight excluding hydrogens is 451 g/mol. The molecule has 162 valence electrons. The third-order valence-electron chi connectivity index (χ3n) is 4.67. The van der Waals surface area contributed by atoms with Crippen molar-refractivity contribution in [3.05, 3.63) is 52.0 Å². The minimum absolute atomic E-state index is 0.0455. The zero-order valence-electron chi connectivity index (χ0n) is 16.6. The lowest BCUT2D eigenvalue weighted by atomic mass is 10.2. The van der Waals surface area contributed by atoms with E-state index in [1.807, 2.05) is 0 Å². The average Bonchev–Trinajstić information content (AvgIpc) is 2.71. The van der Waals surface area contributed by atoms with Crippen LogP contribution in [0.15, 0.2) is 41.3 Å². The Kier molecular flexibility index (Phi) is 7.13. The van der Waals surface area contributed by atoms with E-state index in [-0.39, 0.29) is 32.3 Å². The third-order valence-corrected chi connectivity index (χ3v) is 6.90. The highest BCUT2D eigenvalue weighted by molar-refractivity contribution is 7.93. The summed E-state index contributed by atoms with van der Waals surface area (Å²) >= 11 is 12.2. The van der Waals surface area contributed by atoms with Crippen molar-refractivity contribution in [2.75, 3.05) is 44.3 Å². The van der Waals surface area contributed by atoms with Crippen LogP contribution < -0.4 is 9.04 Å². The number of carbonyl (C=O) groups is 1. The van der Waals surface area contributed by atoms with E-state index in [4.69, 9.17) is 32.7 Å². The first-order chi connectivity index (χ1) is 14.2. The SMILES string of the molecule is COc1ccc(C)cc1S(=O)(=O)N(CC(=O)N1CCOCC1)c1cc(Cl)cc(Cl)c1. The van der Waals surface area contributed by atoms with Crippen LogP contribution in [0.25, 0.3) is 0 Å². The number of halogens is 2. The lowest BCUT2D eigenvalue weighted by Gasteiger charge is -2.31. The first-order valence-corrected chi connectivity index (χ1v) is 11.4. The molecule has 0 aliphatic carbocycles. The average molecular weight is 473 g/mol. The lowest BCUT2D eigenvalue weighted by Crippen LogP contribution is -2.47. The van der Waals surface area contributed by atoms with Crippen LogP contribution in [0.5, 0.6) is 5.75 Å². The number of sulfonamides is 1. The molecule has 0 N–H and O–H groups in total. The van der Waals surface area contributed by atoms with Crippen molar-refractivity contribution in [1.29, 1.82) is 0 Å². The van der Waals surface area contributed by atoms with E-state index >= 15 is 0 Å². The minimum atomic E-state index is -4.17. The number of rotatable bonds is 6. The summed E-state index contributed by atoms with van der Waals surface area (Å²) in [5.41, 5.74) is 0.927. The predicted molar refractivity (Wildman–Crippen MR) is 116 cm³/mol. The Morgan fingerprint density at radius 1 is 1.13 bits per heavy atom. The molecule has 1 aliphatic heterocycles. The monoisotopic (exact) mass is 472 g/mol. The van der Waals surface area contributed by atoms with E-state index in [0.717, 1.165) is 9.87 Å². The number of hydrogen-bond acceptors (Lipinski definition) is 5. The number of amides is 1. The highest BCUT2D eigenvalue weighted by Crippen LogP contribution is 2.33. The largest absolute Gasteiger partial charge is 0.495 e. The van der Waals surface area contributed by atoms with Gasteiger partial charge in [0.2, 0.25) is 5.91 Å². The van der Waals surface area contributed by atoms with Crippen molar-refractivity contribution in [1.82, 2.24) is 4.90 Å². The van der Waals surface area contributed by atoms with Crippen LogP contribution in [0.1, 0.15) is 5.56 Å². The number of nitrogens with zero attached hydrogens (tertiary/aromatic N) is 2. The molecule has 0 bridgehead atoms. The van der Waals surface area contributed by atoms with Gasteiger partial charge >= 0.3 is 0 Å². The molecule has 0 aromatic heterocycles. The Hall–Kier alpha value is -2.00. The maximum absolute atomic E-state index is 13.7. The second-order valence-corrected chi connectivity index (χ2v) is 9.49. The highest BCUT2D eigenvalue weighted by atomic mass is 35.5. The molecule has 30 heavy (non-hydrogen) atoms. The minimum Gasteiger partial charge on any atom is -0.495 e. The van der Waals surface area contributed by atoms with Crippen molar-refractivity contribution >= 4 is 44.8 Å². The Bertz CT molecular complexity index is 1020. The van der Waals surface area contributed by atoms with Gasteiger partial charge in [0.1, 0.15) is 17.2 Å². The molecule has 1 fully saturated rings. The zero-order chi connectivity index (χ0) is 21.9.